The number of carbonyl (C=O) groups excluding carboxylic acids is 1. The van der Waals surface area contributed by atoms with Crippen molar-refractivity contribution in [3.63, 3.8) is 0 Å². The topological polar surface area (TPSA) is 58.4 Å². The molecule has 1 fully saturated rings. The van der Waals surface area contributed by atoms with Gasteiger partial charge in [-0.15, -0.1) is 0 Å². The number of nitrogen functional groups attached to an aromatic ring is 1. The predicted molar refractivity (Wildman–Crippen MR) is 87.4 cm³/mol. The first kappa shape index (κ1) is 15.8. The van der Waals surface area contributed by atoms with Crippen LogP contribution in [-0.2, 0) is 0 Å². The second-order valence-corrected chi connectivity index (χ2v) is 6.52. The van der Waals surface area contributed by atoms with Gasteiger partial charge < -0.3 is 16.0 Å². The lowest BCUT2D eigenvalue weighted by molar-refractivity contribution is 0.0906. The van der Waals surface area contributed by atoms with E-state index in [1.54, 1.807) is 6.07 Å². The maximum atomic E-state index is 12.4. The molecule has 1 aromatic rings. The molecule has 0 unspecified atom stereocenters. The number of piperidine rings is 1. The molecule has 0 aliphatic carbocycles. The van der Waals surface area contributed by atoms with E-state index in [-0.39, 0.29) is 11.9 Å². The zero-order chi connectivity index (χ0) is 15.4. The molecular weight excluding hydrogens is 262 g/mol. The van der Waals surface area contributed by atoms with E-state index in [1.807, 2.05) is 19.1 Å². The van der Waals surface area contributed by atoms with Crippen LogP contribution in [0.3, 0.4) is 0 Å². The number of carbonyl (C=O) groups is 1. The number of nitrogens with one attached hydrogen (secondary N) is 1. The van der Waals surface area contributed by atoms with E-state index in [1.165, 1.54) is 0 Å². The molecule has 3 N–H and O–H groups in total. The van der Waals surface area contributed by atoms with Crippen molar-refractivity contribution in [1.82, 2.24) is 10.2 Å². The second-order valence-electron chi connectivity index (χ2n) is 6.52. The molecule has 1 amide bonds. The molecule has 1 heterocycles. The molecule has 4 heteroatoms. The van der Waals surface area contributed by atoms with Gasteiger partial charge in [0.1, 0.15) is 0 Å². The highest BCUT2D eigenvalue weighted by Crippen LogP contribution is 2.16. The van der Waals surface area contributed by atoms with Crippen molar-refractivity contribution in [2.24, 2.45) is 5.92 Å². The molecule has 0 aromatic heterocycles. The van der Waals surface area contributed by atoms with Gasteiger partial charge in [-0.3, -0.25) is 4.79 Å². The lowest BCUT2D eigenvalue weighted by Crippen LogP contribution is -2.45. The Morgan fingerprint density at radius 1 is 1.38 bits per heavy atom. The molecule has 0 saturated carbocycles. The van der Waals surface area contributed by atoms with E-state index in [4.69, 9.17) is 5.73 Å². The number of nitrogens with two attached hydrogens (primary N) is 1. The second kappa shape index (κ2) is 6.94. The van der Waals surface area contributed by atoms with Crippen molar-refractivity contribution in [2.45, 2.75) is 39.7 Å². The number of hydrogen-bond donors (Lipinski definition) is 2. The van der Waals surface area contributed by atoms with Crippen LogP contribution in [0.5, 0.6) is 0 Å². The van der Waals surface area contributed by atoms with Crippen LogP contribution in [-0.4, -0.2) is 36.5 Å². The highest BCUT2D eigenvalue weighted by atomic mass is 16.1. The van der Waals surface area contributed by atoms with Gasteiger partial charge in [-0.25, -0.2) is 0 Å². The molecule has 1 aromatic carbocycles. The number of nitrogens with zero attached hydrogens (tertiary/aromatic N) is 1. The number of rotatable bonds is 4. The van der Waals surface area contributed by atoms with Gasteiger partial charge in [0.15, 0.2) is 0 Å². The van der Waals surface area contributed by atoms with Crippen LogP contribution in [0.4, 0.5) is 5.69 Å². The zero-order valence-corrected chi connectivity index (χ0v) is 13.4. The minimum Gasteiger partial charge on any atom is -0.399 e. The van der Waals surface area contributed by atoms with Gasteiger partial charge in [-0.1, -0.05) is 19.9 Å². The van der Waals surface area contributed by atoms with Crippen LogP contribution in [0.1, 0.15) is 42.6 Å². The predicted octanol–water partition coefficient (Wildman–Crippen LogP) is 2.43. The monoisotopic (exact) mass is 289 g/mol. The Balaban J connectivity index is 1.88. The molecule has 1 aliphatic heterocycles. The molecular formula is C17H27N3O. The van der Waals surface area contributed by atoms with Gasteiger partial charge in [0.2, 0.25) is 0 Å². The lowest BCUT2D eigenvalue weighted by Gasteiger charge is -2.33. The van der Waals surface area contributed by atoms with Crippen LogP contribution in [0.25, 0.3) is 0 Å². The molecule has 116 valence electrons. The number of likely N-dealkylation sites (tertiary alicyclic amines) is 1. The summed E-state index contributed by atoms with van der Waals surface area (Å²) in [5.41, 5.74) is 8.08. The Labute approximate surface area is 127 Å². The summed E-state index contributed by atoms with van der Waals surface area (Å²) in [6, 6.07) is 5.77. The number of amides is 1. The van der Waals surface area contributed by atoms with Crippen molar-refractivity contribution in [1.29, 1.82) is 0 Å². The lowest BCUT2D eigenvalue weighted by atomic mass is 10.0. The van der Waals surface area contributed by atoms with Crippen LogP contribution in [0.15, 0.2) is 18.2 Å². The molecule has 4 nitrogen and oxygen atoms in total. The summed E-state index contributed by atoms with van der Waals surface area (Å²) in [5, 5.41) is 3.16. The molecule has 21 heavy (non-hydrogen) atoms. The van der Waals surface area contributed by atoms with Crippen molar-refractivity contribution >= 4 is 11.6 Å². The summed E-state index contributed by atoms with van der Waals surface area (Å²) >= 11 is 0. The van der Waals surface area contributed by atoms with Crippen molar-refractivity contribution in [3.05, 3.63) is 29.3 Å². The molecule has 0 radical (unpaired) electrons. The highest BCUT2D eigenvalue weighted by molar-refractivity contribution is 5.96. The number of aryl methyl sites for hydroxylation is 1. The Kier molecular flexibility index (Phi) is 5.23. The zero-order valence-electron chi connectivity index (χ0n) is 13.4. The summed E-state index contributed by atoms with van der Waals surface area (Å²) in [6.45, 7) is 9.72. The average molecular weight is 289 g/mol. The van der Waals surface area contributed by atoms with Gasteiger partial charge in [-0.05, 0) is 43.4 Å². The fourth-order valence-corrected chi connectivity index (χ4v) is 2.92. The highest BCUT2D eigenvalue weighted by Gasteiger charge is 2.22. The van der Waals surface area contributed by atoms with E-state index in [9.17, 15) is 4.79 Å². The van der Waals surface area contributed by atoms with Gasteiger partial charge >= 0.3 is 0 Å². The SMILES string of the molecule is Cc1ccc(N)cc1C(=O)NC1CCN(CC(C)C)CC1. The number of benzene rings is 1. The van der Waals surface area contributed by atoms with E-state index in [2.05, 4.69) is 24.1 Å². The molecule has 0 spiro atoms. The maximum Gasteiger partial charge on any atom is 0.251 e. The maximum absolute atomic E-state index is 12.4. The third-order valence-electron chi connectivity index (χ3n) is 4.05. The minimum absolute atomic E-state index is 0.00195. The summed E-state index contributed by atoms with van der Waals surface area (Å²) in [7, 11) is 0. The van der Waals surface area contributed by atoms with E-state index in [0.29, 0.717) is 17.2 Å². The first-order valence-corrected chi connectivity index (χ1v) is 7.85. The van der Waals surface area contributed by atoms with E-state index < -0.39 is 0 Å². The average Bonchev–Trinajstić information content (AvgIpc) is 2.43. The fraction of sp³-hybridized carbons (Fsp3) is 0.588. The van der Waals surface area contributed by atoms with Crippen LogP contribution in [0, 0.1) is 12.8 Å². The summed E-state index contributed by atoms with van der Waals surface area (Å²) in [4.78, 5) is 14.9. The van der Waals surface area contributed by atoms with Crippen LogP contribution in [0.2, 0.25) is 0 Å². The van der Waals surface area contributed by atoms with Crippen LogP contribution < -0.4 is 11.1 Å². The standard InChI is InChI=1S/C17H27N3O/c1-12(2)11-20-8-6-15(7-9-20)19-17(21)16-10-14(18)5-4-13(16)3/h4-5,10,12,15H,6-9,11,18H2,1-3H3,(H,19,21). The molecule has 1 saturated heterocycles. The fourth-order valence-electron chi connectivity index (χ4n) is 2.92. The van der Waals surface area contributed by atoms with Gasteiger partial charge in [0.25, 0.3) is 5.91 Å². The molecule has 1 aliphatic rings. The van der Waals surface area contributed by atoms with E-state index >= 15 is 0 Å². The minimum atomic E-state index is 0.00195. The number of hydrogen-bond acceptors (Lipinski definition) is 3. The van der Waals surface area contributed by atoms with Gasteiger partial charge in [-0.2, -0.15) is 0 Å². The van der Waals surface area contributed by atoms with Crippen molar-refractivity contribution in [3.8, 4) is 0 Å². The summed E-state index contributed by atoms with van der Waals surface area (Å²) in [5.74, 6) is 0.702. The third kappa shape index (κ3) is 4.46. The molecule has 0 bridgehead atoms. The Hall–Kier alpha value is -1.55. The Bertz CT molecular complexity index is 491. The van der Waals surface area contributed by atoms with E-state index in [0.717, 1.165) is 38.0 Å². The normalized spacial score (nSPS) is 17.1. The largest absolute Gasteiger partial charge is 0.399 e. The first-order valence-electron chi connectivity index (χ1n) is 7.85. The smallest absolute Gasteiger partial charge is 0.251 e. The van der Waals surface area contributed by atoms with Crippen LogP contribution >= 0.6 is 0 Å². The summed E-state index contributed by atoms with van der Waals surface area (Å²) in [6.07, 6.45) is 2.06. The Morgan fingerprint density at radius 2 is 2.05 bits per heavy atom. The first-order chi connectivity index (χ1) is 9.95. The molecule has 0 atom stereocenters. The van der Waals surface area contributed by atoms with Crippen molar-refractivity contribution in [2.75, 3.05) is 25.4 Å². The number of anilines is 1. The quantitative estimate of drug-likeness (QED) is 0.837. The third-order valence-corrected chi connectivity index (χ3v) is 4.05. The summed E-state index contributed by atoms with van der Waals surface area (Å²) < 4.78 is 0. The van der Waals surface area contributed by atoms with Gasteiger partial charge in [0.05, 0.1) is 0 Å². The molecule has 2 rings (SSSR count). The van der Waals surface area contributed by atoms with Crippen molar-refractivity contribution < 1.29 is 4.79 Å². The van der Waals surface area contributed by atoms with Gasteiger partial charge in [0, 0.05) is 36.9 Å². The Morgan fingerprint density at radius 3 is 2.67 bits per heavy atom.